The highest BCUT2D eigenvalue weighted by molar-refractivity contribution is 9.10. The molecular weight excluding hydrogens is 428 g/mol. The molecule has 0 atom stereocenters. The van der Waals surface area contributed by atoms with Gasteiger partial charge in [0.15, 0.2) is 0 Å². The summed E-state index contributed by atoms with van der Waals surface area (Å²) >= 11 is 5.03. The summed E-state index contributed by atoms with van der Waals surface area (Å²) in [6, 6.07) is 7.40. The molecule has 4 heterocycles. The fourth-order valence-electron chi connectivity index (χ4n) is 2.93. The van der Waals surface area contributed by atoms with Gasteiger partial charge in [0.05, 0.1) is 22.3 Å². The molecule has 0 saturated carbocycles. The number of anilines is 1. The first-order chi connectivity index (χ1) is 12.9. The van der Waals surface area contributed by atoms with Gasteiger partial charge in [-0.05, 0) is 61.0 Å². The van der Waals surface area contributed by atoms with Crippen LogP contribution in [0.15, 0.2) is 39.5 Å². The molecule has 27 heavy (non-hydrogen) atoms. The third-order valence-corrected chi connectivity index (χ3v) is 5.58. The summed E-state index contributed by atoms with van der Waals surface area (Å²) in [5, 5.41) is 7.42. The molecule has 0 aliphatic heterocycles. The summed E-state index contributed by atoms with van der Waals surface area (Å²) in [7, 11) is 0. The Kier molecular flexibility index (Phi) is 4.53. The van der Waals surface area contributed by atoms with Crippen LogP contribution in [0.4, 0.5) is 5.82 Å². The van der Waals surface area contributed by atoms with Gasteiger partial charge in [0.25, 0.3) is 11.6 Å². The van der Waals surface area contributed by atoms with Gasteiger partial charge in [0, 0.05) is 26.0 Å². The summed E-state index contributed by atoms with van der Waals surface area (Å²) in [5.41, 5.74) is 3.11. The van der Waals surface area contributed by atoms with Crippen molar-refractivity contribution in [1.29, 1.82) is 0 Å². The Hall–Kier alpha value is -2.58. The molecule has 1 N–H and O–H groups in total. The molecule has 0 fully saturated rings. The second kappa shape index (κ2) is 6.86. The Morgan fingerprint density at radius 3 is 2.70 bits per heavy atom. The monoisotopic (exact) mass is 442 g/mol. The number of pyridine rings is 2. The van der Waals surface area contributed by atoms with Gasteiger partial charge < -0.3 is 9.84 Å². The number of hydrogen-bond acceptors (Lipinski definition) is 6. The lowest BCUT2D eigenvalue weighted by Crippen LogP contribution is -2.14. The van der Waals surface area contributed by atoms with Crippen LogP contribution >= 0.6 is 27.3 Å². The summed E-state index contributed by atoms with van der Waals surface area (Å²) in [6.07, 6.45) is 1.63. The first kappa shape index (κ1) is 17.8. The molecule has 6 nitrogen and oxygen atoms in total. The highest BCUT2D eigenvalue weighted by Crippen LogP contribution is 2.33. The normalized spacial score (nSPS) is 11.1. The fourth-order valence-corrected chi connectivity index (χ4v) is 4.10. The van der Waals surface area contributed by atoms with Crippen LogP contribution in [-0.2, 0) is 0 Å². The number of thiophene rings is 1. The Balaban J connectivity index is 1.82. The van der Waals surface area contributed by atoms with E-state index < -0.39 is 0 Å². The first-order valence-electron chi connectivity index (χ1n) is 8.19. The Labute approximate surface area is 167 Å². The fraction of sp³-hybridized carbons (Fsp3) is 0.158. The zero-order chi connectivity index (χ0) is 19.1. The standard InChI is InChI=1S/C19H15BrN4O2S/c1-9-6-13(11(3)27-9)15-7-14(17-10(2)24-26-19(17)22-15)18(25)23-16-5-4-12(20)8-21-16/h4-8H,1-3H3,(H,21,23,25). The van der Waals surface area contributed by atoms with Gasteiger partial charge >= 0.3 is 0 Å². The molecule has 0 aliphatic rings. The van der Waals surface area contributed by atoms with Crippen molar-refractivity contribution >= 4 is 50.1 Å². The minimum absolute atomic E-state index is 0.283. The number of carbonyl (C=O) groups excluding carboxylic acids is 1. The molecule has 0 radical (unpaired) electrons. The van der Waals surface area contributed by atoms with Crippen molar-refractivity contribution in [3.8, 4) is 11.3 Å². The molecular formula is C19H15BrN4O2S. The van der Waals surface area contributed by atoms with Gasteiger partial charge in [-0.3, -0.25) is 4.79 Å². The van der Waals surface area contributed by atoms with Gasteiger partial charge in [-0.15, -0.1) is 11.3 Å². The Morgan fingerprint density at radius 2 is 2.04 bits per heavy atom. The van der Waals surface area contributed by atoms with Crippen molar-refractivity contribution in [2.45, 2.75) is 20.8 Å². The third-order valence-electron chi connectivity index (χ3n) is 4.15. The quantitative estimate of drug-likeness (QED) is 0.466. The molecule has 0 spiro atoms. The van der Waals surface area contributed by atoms with Crippen molar-refractivity contribution < 1.29 is 9.32 Å². The highest BCUT2D eigenvalue weighted by atomic mass is 79.9. The van der Waals surface area contributed by atoms with Gasteiger partial charge in [0.2, 0.25) is 0 Å². The predicted molar refractivity (Wildman–Crippen MR) is 109 cm³/mol. The number of aryl methyl sites for hydroxylation is 3. The van der Waals surface area contributed by atoms with Crippen LogP contribution in [0.5, 0.6) is 0 Å². The van der Waals surface area contributed by atoms with Gasteiger partial charge in [-0.25, -0.2) is 9.97 Å². The first-order valence-corrected chi connectivity index (χ1v) is 9.80. The number of fused-ring (bicyclic) bond motifs is 1. The van der Waals surface area contributed by atoms with E-state index >= 15 is 0 Å². The van der Waals surface area contributed by atoms with Gasteiger partial charge in [-0.2, -0.15) is 0 Å². The SMILES string of the molecule is Cc1cc(-c2cc(C(=O)Nc3ccc(Br)cn3)c3c(C)noc3n2)c(C)s1. The molecule has 0 saturated heterocycles. The number of aromatic nitrogens is 3. The molecule has 0 unspecified atom stereocenters. The lowest BCUT2D eigenvalue weighted by molar-refractivity contribution is 0.102. The van der Waals surface area contributed by atoms with Crippen LogP contribution in [0.1, 0.15) is 25.8 Å². The maximum Gasteiger partial charge on any atom is 0.259 e. The molecule has 136 valence electrons. The molecule has 0 bridgehead atoms. The third kappa shape index (κ3) is 3.38. The minimum Gasteiger partial charge on any atom is -0.335 e. The van der Waals surface area contributed by atoms with Crippen LogP contribution < -0.4 is 5.32 Å². The second-order valence-electron chi connectivity index (χ2n) is 6.15. The van der Waals surface area contributed by atoms with Crippen LogP contribution in [0.3, 0.4) is 0 Å². The Bertz CT molecular complexity index is 1160. The maximum absolute atomic E-state index is 13.0. The molecule has 4 aromatic heterocycles. The average Bonchev–Trinajstić information content (AvgIpc) is 3.18. The molecule has 0 aliphatic carbocycles. The van der Waals surface area contributed by atoms with Crippen molar-refractivity contribution in [1.82, 2.24) is 15.1 Å². The van der Waals surface area contributed by atoms with E-state index in [0.29, 0.717) is 33.9 Å². The topological polar surface area (TPSA) is 80.9 Å². The van der Waals surface area contributed by atoms with E-state index in [1.54, 1.807) is 36.6 Å². The molecule has 4 aromatic rings. The van der Waals surface area contributed by atoms with Gasteiger partial charge in [0.1, 0.15) is 5.82 Å². The lowest BCUT2D eigenvalue weighted by atomic mass is 10.1. The van der Waals surface area contributed by atoms with Crippen LogP contribution in [0, 0.1) is 20.8 Å². The molecule has 8 heteroatoms. The van der Waals surface area contributed by atoms with E-state index in [9.17, 15) is 4.79 Å². The summed E-state index contributed by atoms with van der Waals surface area (Å²) in [4.78, 5) is 24.1. The number of hydrogen-bond donors (Lipinski definition) is 1. The van der Waals surface area contributed by atoms with E-state index in [2.05, 4.69) is 42.4 Å². The summed E-state index contributed by atoms with van der Waals surface area (Å²) in [5.74, 6) is 0.181. The molecule has 1 amide bonds. The van der Waals surface area contributed by atoms with Crippen LogP contribution in [0.25, 0.3) is 22.4 Å². The van der Waals surface area contributed by atoms with E-state index in [-0.39, 0.29) is 5.91 Å². The number of rotatable bonds is 3. The summed E-state index contributed by atoms with van der Waals surface area (Å²) < 4.78 is 6.19. The van der Waals surface area contributed by atoms with Crippen LogP contribution in [-0.4, -0.2) is 21.0 Å². The van der Waals surface area contributed by atoms with Crippen molar-refractivity contribution in [3.63, 3.8) is 0 Å². The summed E-state index contributed by atoms with van der Waals surface area (Å²) in [6.45, 7) is 5.88. The average molecular weight is 443 g/mol. The van der Waals surface area contributed by atoms with E-state index in [0.717, 1.165) is 14.9 Å². The number of amides is 1. The molecule has 4 rings (SSSR count). The number of nitrogens with zero attached hydrogens (tertiary/aromatic N) is 3. The van der Waals surface area contributed by atoms with E-state index in [1.807, 2.05) is 19.9 Å². The van der Waals surface area contributed by atoms with E-state index in [1.165, 1.54) is 4.88 Å². The number of halogens is 1. The van der Waals surface area contributed by atoms with Gasteiger partial charge in [-0.1, -0.05) is 5.16 Å². The minimum atomic E-state index is -0.283. The zero-order valence-electron chi connectivity index (χ0n) is 14.8. The second-order valence-corrected chi connectivity index (χ2v) is 8.52. The zero-order valence-corrected chi connectivity index (χ0v) is 17.2. The number of nitrogens with one attached hydrogen (secondary N) is 1. The Morgan fingerprint density at radius 1 is 1.22 bits per heavy atom. The van der Waals surface area contributed by atoms with E-state index in [4.69, 9.17) is 4.52 Å². The molecule has 0 aromatic carbocycles. The van der Waals surface area contributed by atoms with Crippen molar-refractivity contribution in [2.75, 3.05) is 5.32 Å². The predicted octanol–water partition coefficient (Wildman–Crippen LogP) is 5.29. The van der Waals surface area contributed by atoms with Crippen molar-refractivity contribution in [3.05, 3.63) is 55.9 Å². The van der Waals surface area contributed by atoms with Crippen molar-refractivity contribution in [2.24, 2.45) is 0 Å². The maximum atomic E-state index is 13.0. The number of carbonyl (C=O) groups is 1. The lowest BCUT2D eigenvalue weighted by Gasteiger charge is -2.08. The smallest absolute Gasteiger partial charge is 0.259 e. The highest BCUT2D eigenvalue weighted by Gasteiger charge is 2.21. The largest absolute Gasteiger partial charge is 0.335 e. The van der Waals surface area contributed by atoms with Crippen LogP contribution in [0.2, 0.25) is 0 Å².